The summed E-state index contributed by atoms with van der Waals surface area (Å²) in [6, 6.07) is 5.95. The van der Waals surface area contributed by atoms with Crippen LogP contribution in [-0.4, -0.2) is 16.8 Å². The number of rotatable bonds is 3. The van der Waals surface area contributed by atoms with Gasteiger partial charge in [-0.25, -0.2) is 0 Å². The van der Waals surface area contributed by atoms with Crippen molar-refractivity contribution in [2.24, 2.45) is 0 Å². The molecule has 0 bridgehead atoms. The molecule has 2 aromatic rings. The predicted molar refractivity (Wildman–Crippen MR) is 69.4 cm³/mol. The topological polar surface area (TPSA) is 34.4 Å². The molecule has 0 amide bonds. The van der Waals surface area contributed by atoms with Crippen LogP contribution in [0.4, 0.5) is 0 Å². The smallest absolute Gasteiger partial charge is 0.128 e. The first-order chi connectivity index (χ1) is 7.99. The molecule has 2 rings (SSSR count). The van der Waals surface area contributed by atoms with Crippen molar-refractivity contribution in [2.45, 2.75) is 32.9 Å². The Morgan fingerprint density at radius 3 is 2.59 bits per heavy atom. The Morgan fingerprint density at radius 2 is 2.06 bits per heavy atom. The van der Waals surface area contributed by atoms with Crippen molar-refractivity contribution in [3.8, 4) is 5.75 Å². The van der Waals surface area contributed by atoms with E-state index in [4.69, 9.17) is 4.74 Å². The first-order valence-electron chi connectivity index (χ1n) is 5.87. The first-order valence-corrected chi connectivity index (χ1v) is 5.87. The monoisotopic (exact) mass is 233 g/mol. The minimum atomic E-state index is -0.868. The average molecular weight is 233 g/mol. The van der Waals surface area contributed by atoms with E-state index in [0.29, 0.717) is 0 Å². The minimum Gasteiger partial charge on any atom is -0.496 e. The third-order valence-corrected chi connectivity index (χ3v) is 3.09. The molecule has 0 radical (unpaired) electrons. The van der Waals surface area contributed by atoms with Gasteiger partial charge in [0.2, 0.25) is 0 Å². The van der Waals surface area contributed by atoms with Crippen LogP contribution in [0.2, 0.25) is 0 Å². The third kappa shape index (κ3) is 1.91. The second-order valence-corrected chi connectivity index (χ2v) is 4.74. The first kappa shape index (κ1) is 12.0. The maximum Gasteiger partial charge on any atom is 0.128 e. The van der Waals surface area contributed by atoms with E-state index >= 15 is 0 Å². The largest absolute Gasteiger partial charge is 0.496 e. The molecule has 1 N–H and O–H groups in total. The quantitative estimate of drug-likeness (QED) is 0.884. The molecule has 0 spiro atoms. The lowest BCUT2D eigenvalue weighted by atomic mass is 9.97. The zero-order valence-corrected chi connectivity index (χ0v) is 10.8. The van der Waals surface area contributed by atoms with Crippen LogP contribution in [0.1, 0.15) is 26.3 Å². The summed E-state index contributed by atoms with van der Waals surface area (Å²) in [5, 5.41) is 11.3. The summed E-state index contributed by atoms with van der Waals surface area (Å²) in [5.74, 6) is 0.812. The summed E-state index contributed by atoms with van der Waals surface area (Å²) < 4.78 is 7.53. The van der Waals surface area contributed by atoms with Crippen molar-refractivity contribution in [3.63, 3.8) is 0 Å². The lowest BCUT2D eigenvalue weighted by Crippen LogP contribution is -2.15. The van der Waals surface area contributed by atoms with Gasteiger partial charge in [0.05, 0.1) is 18.2 Å². The van der Waals surface area contributed by atoms with Gasteiger partial charge in [-0.05, 0) is 32.9 Å². The number of benzene rings is 1. The lowest BCUT2D eigenvalue weighted by molar-refractivity contribution is 0.0798. The number of aromatic nitrogens is 1. The van der Waals surface area contributed by atoms with Crippen LogP contribution in [0.3, 0.4) is 0 Å². The van der Waals surface area contributed by atoms with E-state index in [0.717, 1.165) is 28.8 Å². The highest BCUT2D eigenvalue weighted by Crippen LogP contribution is 2.36. The molecule has 3 heteroatoms. The van der Waals surface area contributed by atoms with Crippen molar-refractivity contribution in [2.75, 3.05) is 7.11 Å². The second kappa shape index (κ2) is 4.08. The van der Waals surface area contributed by atoms with Crippen LogP contribution >= 0.6 is 0 Å². The highest BCUT2D eigenvalue weighted by Gasteiger charge is 2.23. The Balaban J connectivity index is 2.84. The van der Waals surface area contributed by atoms with Gasteiger partial charge in [-0.2, -0.15) is 0 Å². The summed E-state index contributed by atoms with van der Waals surface area (Å²) in [7, 11) is 1.66. The number of aryl methyl sites for hydroxylation is 1. The fraction of sp³-hybridized carbons (Fsp3) is 0.429. The van der Waals surface area contributed by atoms with Gasteiger partial charge >= 0.3 is 0 Å². The molecule has 1 heterocycles. The van der Waals surface area contributed by atoms with Gasteiger partial charge in [0.1, 0.15) is 5.75 Å². The Bertz CT molecular complexity index is 535. The molecular weight excluding hydrogens is 214 g/mol. The minimum absolute atomic E-state index is 0.812. The molecular formula is C14H19NO2. The molecule has 0 aliphatic rings. The van der Waals surface area contributed by atoms with Crippen molar-refractivity contribution in [1.82, 2.24) is 4.57 Å². The summed E-state index contributed by atoms with van der Waals surface area (Å²) in [5.41, 5.74) is 1.14. The van der Waals surface area contributed by atoms with Crippen LogP contribution in [0.5, 0.6) is 5.75 Å². The summed E-state index contributed by atoms with van der Waals surface area (Å²) >= 11 is 0. The number of fused-ring (bicyclic) bond motifs is 1. The van der Waals surface area contributed by atoms with Crippen LogP contribution in [-0.2, 0) is 12.1 Å². The van der Waals surface area contributed by atoms with Crippen molar-refractivity contribution in [3.05, 3.63) is 30.0 Å². The molecule has 17 heavy (non-hydrogen) atoms. The maximum atomic E-state index is 10.2. The zero-order chi connectivity index (χ0) is 12.6. The average Bonchev–Trinajstić information content (AvgIpc) is 2.67. The molecule has 3 nitrogen and oxygen atoms in total. The standard InChI is InChI=1S/C14H19NO2/c1-5-15-9-10(14(2,3)16)13-11(15)7-6-8-12(13)17-4/h6-9,16H,5H2,1-4H3. The van der Waals surface area contributed by atoms with Gasteiger partial charge in [-0.3, -0.25) is 0 Å². The number of nitrogens with zero attached hydrogens (tertiary/aromatic N) is 1. The molecule has 1 aromatic carbocycles. The van der Waals surface area contributed by atoms with E-state index in [-0.39, 0.29) is 0 Å². The Morgan fingerprint density at radius 1 is 1.35 bits per heavy atom. The molecule has 1 aromatic heterocycles. The van der Waals surface area contributed by atoms with Crippen LogP contribution < -0.4 is 4.74 Å². The van der Waals surface area contributed by atoms with E-state index in [1.807, 2.05) is 18.3 Å². The molecule has 0 fully saturated rings. The SMILES string of the molecule is CCn1cc(C(C)(C)O)c2c(OC)cccc21. The fourth-order valence-electron chi connectivity index (χ4n) is 2.22. The highest BCUT2D eigenvalue weighted by atomic mass is 16.5. The molecule has 92 valence electrons. The molecule has 0 saturated heterocycles. The van der Waals surface area contributed by atoms with Crippen LogP contribution in [0.15, 0.2) is 24.4 Å². The van der Waals surface area contributed by atoms with E-state index < -0.39 is 5.60 Å². The van der Waals surface area contributed by atoms with Crippen LogP contribution in [0.25, 0.3) is 10.9 Å². The molecule has 0 saturated carbocycles. The van der Waals surface area contributed by atoms with E-state index in [9.17, 15) is 5.11 Å². The van der Waals surface area contributed by atoms with Gasteiger partial charge < -0.3 is 14.4 Å². The van der Waals surface area contributed by atoms with Gasteiger partial charge in [0, 0.05) is 23.7 Å². The number of aliphatic hydroxyl groups is 1. The molecule has 0 unspecified atom stereocenters. The Kier molecular flexibility index (Phi) is 2.87. The van der Waals surface area contributed by atoms with Gasteiger partial charge in [0.25, 0.3) is 0 Å². The Labute approximate surface area is 102 Å². The van der Waals surface area contributed by atoms with Gasteiger partial charge in [-0.1, -0.05) is 6.07 Å². The van der Waals surface area contributed by atoms with E-state index in [1.54, 1.807) is 21.0 Å². The van der Waals surface area contributed by atoms with Gasteiger partial charge in [0.15, 0.2) is 0 Å². The predicted octanol–water partition coefficient (Wildman–Crippen LogP) is 2.90. The fourth-order valence-corrected chi connectivity index (χ4v) is 2.22. The third-order valence-electron chi connectivity index (χ3n) is 3.09. The zero-order valence-electron chi connectivity index (χ0n) is 10.8. The van der Waals surface area contributed by atoms with Crippen molar-refractivity contribution >= 4 is 10.9 Å². The summed E-state index contributed by atoms with van der Waals surface area (Å²) in [4.78, 5) is 0. The molecule has 0 atom stereocenters. The maximum absolute atomic E-state index is 10.2. The molecule has 0 aliphatic carbocycles. The second-order valence-electron chi connectivity index (χ2n) is 4.74. The highest BCUT2D eigenvalue weighted by molar-refractivity contribution is 5.90. The van der Waals surface area contributed by atoms with Crippen molar-refractivity contribution in [1.29, 1.82) is 0 Å². The number of methoxy groups -OCH3 is 1. The normalized spacial score (nSPS) is 12.1. The molecule has 0 aliphatic heterocycles. The van der Waals surface area contributed by atoms with Crippen molar-refractivity contribution < 1.29 is 9.84 Å². The lowest BCUT2D eigenvalue weighted by Gasteiger charge is -2.17. The van der Waals surface area contributed by atoms with Crippen LogP contribution in [0, 0.1) is 0 Å². The Hall–Kier alpha value is -1.48. The summed E-state index contributed by atoms with van der Waals surface area (Å²) in [6.45, 7) is 6.56. The van der Waals surface area contributed by atoms with E-state index in [1.165, 1.54) is 0 Å². The van der Waals surface area contributed by atoms with Gasteiger partial charge in [-0.15, -0.1) is 0 Å². The van der Waals surface area contributed by atoms with E-state index in [2.05, 4.69) is 17.6 Å². The number of hydrogen-bond donors (Lipinski definition) is 1. The number of ether oxygens (including phenoxy) is 1. The summed E-state index contributed by atoms with van der Waals surface area (Å²) in [6.07, 6.45) is 2.01. The number of hydrogen-bond acceptors (Lipinski definition) is 2.